The van der Waals surface area contributed by atoms with E-state index < -0.39 is 24.6 Å². The molecule has 1 N–H and O–H groups in total. The second-order valence-electron chi connectivity index (χ2n) is 9.84. The van der Waals surface area contributed by atoms with Crippen LogP contribution >= 0.6 is 0 Å². The summed E-state index contributed by atoms with van der Waals surface area (Å²) < 4.78 is 60.3. The summed E-state index contributed by atoms with van der Waals surface area (Å²) in [6, 6.07) is 3.39. The van der Waals surface area contributed by atoms with Crippen LogP contribution in [-0.4, -0.2) is 69.9 Å². The SMILES string of the molecule is Cn1cc(CC(=O)N[C@H]2CC[C@](F)(CCN3CCc4ccc(OCC(F)F)nc4CC3)CC2)c(F)n1. The molecular weight excluding hydrogens is 478 g/mol. The highest BCUT2D eigenvalue weighted by atomic mass is 19.3. The van der Waals surface area contributed by atoms with Crippen LogP contribution in [0.25, 0.3) is 0 Å². The molecule has 0 saturated heterocycles. The first-order chi connectivity index (χ1) is 17.2. The molecule has 1 aliphatic carbocycles. The molecule has 4 rings (SSSR count). The molecule has 2 aromatic rings. The maximum absolute atomic E-state index is 15.5. The highest BCUT2D eigenvalue weighted by Crippen LogP contribution is 2.35. The summed E-state index contributed by atoms with van der Waals surface area (Å²) in [5.41, 5.74) is 0.892. The average molecular weight is 512 g/mol. The van der Waals surface area contributed by atoms with Crippen LogP contribution in [-0.2, 0) is 31.1 Å². The van der Waals surface area contributed by atoms with E-state index in [4.69, 9.17) is 4.74 Å². The fourth-order valence-electron chi connectivity index (χ4n) is 5.03. The lowest BCUT2D eigenvalue weighted by Crippen LogP contribution is -2.43. The number of fused-ring (bicyclic) bond motifs is 1. The molecule has 11 heteroatoms. The molecule has 198 valence electrons. The standard InChI is InChI=1S/C25H33F4N5O2/c1-33-15-18(24(28)32-33)14-22(35)30-19-4-8-25(29,9-5-19)10-13-34-11-6-17-2-3-23(36-16-21(26)27)31-20(17)7-12-34/h2-3,15,19,21H,4-14,16H2,1H3,(H,30,35)/t19-,25+. The smallest absolute Gasteiger partial charge is 0.272 e. The van der Waals surface area contributed by atoms with Gasteiger partial charge in [0, 0.05) is 62.7 Å². The summed E-state index contributed by atoms with van der Waals surface area (Å²) >= 11 is 0. The molecule has 2 aliphatic rings. The number of halogens is 4. The van der Waals surface area contributed by atoms with Crippen LogP contribution in [0.5, 0.6) is 5.88 Å². The monoisotopic (exact) mass is 511 g/mol. The fourth-order valence-corrected chi connectivity index (χ4v) is 5.03. The molecule has 0 spiro atoms. The number of amides is 1. The summed E-state index contributed by atoms with van der Waals surface area (Å²) in [6.45, 7) is 1.45. The molecule has 0 aromatic carbocycles. The molecule has 7 nitrogen and oxygen atoms in total. The zero-order valence-corrected chi connectivity index (χ0v) is 20.5. The van der Waals surface area contributed by atoms with Crippen molar-refractivity contribution in [3.63, 3.8) is 0 Å². The van der Waals surface area contributed by atoms with Crippen molar-refractivity contribution in [1.29, 1.82) is 0 Å². The summed E-state index contributed by atoms with van der Waals surface area (Å²) in [6.07, 6.45) is 2.55. The number of aromatic nitrogens is 3. The number of hydrogen-bond donors (Lipinski definition) is 1. The molecule has 36 heavy (non-hydrogen) atoms. The van der Waals surface area contributed by atoms with Crippen LogP contribution in [0.2, 0.25) is 0 Å². The van der Waals surface area contributed by atoms with Crippen molar-refractivity contribution in [1.82, 2.24) is 25.0 Å². The van der Waals surface area contributed by atoms with Crippen LogP contribution < -0.4 is 10.1 Å². The van der Waals surface area contributed by atoms with E-state index in [-0.39, 0.29) is 29.8 Å². The zero-order valence-electron chi connectivity index (χ0n) is 20.5. The predicted octanol–water partition coefficient (Wildman–Crippen LogP) is 3.40. The molecule has 1 fully saturated rings. The van der Waals surface area contributed by atoms with E-state index in [9.17, 15) is 18.0 Å². The number of rotatable bonds is 9. The van der Waals surface area contributed by atoms with Crippen molar-refractivity contribution in [3.05, 3.63) is 41.1 Å². The topological polar surface area (TPSA) is 72.3 Å². The number of hydrogen-bond acceptors (Lipinski definition) is 5. The van der Waals surface area contributed by atoms with E-state index >= 15 is 4.39 Å². The van der Waals surface area contributed by atoms with Gasteiger partial charge >= 0.3 is 0 Å². The molecule has 0 atom stereocenters. The Balaban J connectivity index is 1.20. The van der Waals surface area contributed by atoms with Crippen LogP contribution in [0.1, 0.15) is 48.9 Å². The Labute approximate surface area is 208 Å². The number of carbonyl (C=O) groups is 1. The Morgan fingerprint density at radius 3 is 2.69 bits per heavy atom. The Hall–Kier alpha value is -2.69. The van der Waals surface area contributed by atoms with E-state index in [0.717, 1.165) is 30.8 Å². The van der Waals surface area contributed by atoms with E-state index in [2.05, 4.69) is 20.3 Å². The predicted molar refractivity (Wildman–Crippen MR) is 125 cm³/mol. The van der Waals surface area contributed by atoms with Crippen molar-refractivity contribution >= 4 is 5.91 Å². The molecule has 1 saturated carbocycles. The number of aryl methyl sites for hydroxylation is 1. The van der Waals surface area contributed by atoms with Crippen LogP contribution in [0, 0.1) is 5.95 Å². The fraction of sp³-hybridized carbons (Fsp3) is 0.640. The third kappa shape index (κ3) is 7.18. The summed E-state index contributed by atoms with van der Waals surface area (Å²) in [5.74, 6) is -0.717. The first-order valence-corrected chi connectivity index (χ1v) is 12.5. The molecule has 0 bridgehead atoms. The van der Waals surface area contributed by atoms with Gasteiger partial charge in [-0.1, -0.05) is 6.07 Å². The summed E-state index contributed by atoms with van der Waals surface area (Å²) in [5, 5.41) is 6.51. The number of carbonyl (C=O) groups excluding carboxylic acids is 1. The van der Waals surface area contributed by atoms with E-state index in [1.807, 2.05) is 6.07 Å². The van der Waals surface area contributed by atoms with Gasteiger partial charge in [-0.2, -0.15) is 4.39 Å². The minimum atomic E-state index is -2.54. The number of nitrogens with one attached hydrogen (secondary N) is 1. The van der Waals surface area contributed by atoms with Gasteiger partial charge in [0.2, 0.25) is 17.7 Å². The van der Waals surface area contributed by atoms with Crippen LogP contribution in [0.3, 0.4) is 0 Å². The van der Waals surface area contributed by atoms with Gasteiger partial charge in [0.15, 0.2) is 6.61 Å². The summed E-state index contributed by atoms with van der Waals surface area (Å²) in [4.78, 5) is 18.9. The van der Waals surface area contributed by atoms with Gasteiger partial charge in [-0.25, -0.2) is 18.2 Å². The minimum Gasteiger partial charge on any atom is -0.472 e. The van der Waals surface area contributed by atoms with E-state index in [0.29, 0.717) is 45.1 Å². The van der Waals surface area contributed by atoms with Gasteiger partial charge in [-0.05, 0) is 44.1 Å². The van der Waals surface area contributed by atoms with Crippen molar-refractivity contribution in [2.45, 2.75) is 69.5 Å². The van der Waals surface area contributed by atoms with Gasteiger partial charge in [0.25, 0.3) is 6.43 Å². The second kappa shape index (κ2) is 11.6. The Bertz CT molecular complexity index is 1040. The second-order valence-corrected chi connectivity index (χ2v) is 9.84. The van der Waals surface area contributed by atoms with Gasteiger partial charge in [0.05, 0.1) is 6.42 Å². The largest absolute Gasteiger partial charge is 0.472 e. The van der Waals surface area contributed by atoms with Crippen molar-refractivity contribution in [2.75, 3.05) is 26.2 Å². The molecule has 0 unspecified atom stereocenters. The highest BCUT2D eigenvalue weighted by Gasteiger charge is 2.36. The first kappa shape index (κ1) is 26.4. The maximum Gasteiger partial charge on any atom is 0.272 e. The highest BCUT2D eigenvalue weighted by molar-refractivity contribution is 5.78. The molecule has 3 heterocycles. The van der Waals surface area contributed by atoms with E-state index in [1.165, 1.54) is 10.9 Å². The Morgan fingerprint density at radius 1 is 1.25 bits per heavy atom. The normalized spacial score (nSPS) is 22.8. The lowest BCUT2D eigenvalue weighted by atomic mass is 9.81. The molecule has 1 amide bonds. The van der Waals surface area contributed by atoms with Crippen LogP contribution in [0.15, 0.2) is 18.3 Å². The zero-order chi connectivity index (χ0) is 25.7. The van der Waals surface area contributed by atoms with Crippen molar-refractivity contribution < 1.29 is 27.1 Å². The van der Waals surface area contributed by atoms with Gasteiger partial charge in [-0.15, -0.1) is 5.10 Å². The van der Waals surface area contributed by atoms with Gasteiger partial charge in [-0.3, -0.25) is 9.48 Å². The third-order valence-corrected chi connectivity index (χ3v) is 7.09. The van der Waals surface area contributed by atoms with Crippen LogP contribution in [0.4, 0.5) is 17.6 Å². The maximum atomic E-state index is 15.5. The van der Waals surface area contributed by atoms with Gasteiger partial charge < -0.3 is 15.0 Å². The third-order valence-electron chi connectivity index (χ3n) is 7.09. The average Bonchev–Trinajstić information content (AvgIpc) is 3.02. The minimum absolute atomic E-state index is 0.0804. The Kier molecular flexibility index (Phi) is 8.48. The number of alkyl halides is 3. The lowest BCUT2D eigenvalue weighted by Gasteiger charge is -2.35. The molecule has 0 radical (unpaired) electrons. The quantitative estimate of drug-likeness (QED) is 0.523. The van der Waals surface area contributed by atoms with Crippen molar-refractivity contribution in [2.24, 2.45) is 7.05 Å². The number of pyridine rings is 1. The molecule has 2 aromatic heterocycles. The first-order valence-electron chi connectivity index (χ1n) is 12.5. The molecular formula is C25H33F4N5O2. The lowest BCUT2D eigenvalue weighted by molar-refractivity contribution is -0.121. The molecule has 1 aliphatic heterocycles. The van der Waals surface area contributed by atoms with Gasteiger partial charge in [0.1, 0.15) is 5.67 Å². The Morgan fingerprint density at radius 2 is 2.00 bits per heavy atom. The number of nitrogens with zero attached hydrogens (tertiary/aromatic N) is 4. The summed E-state index contributed by atoms with van der Waals surface area (Å²) in [7, 11) is 1.60. The van der Waals surface area contributed by atoms with E-state index in [1.54, 1.807) is 13.1 Å². The van der Waals surface area contributed by atoms with Crippen molar-refractivity contribution in [3.8, 4) is 5.88 Å². The number of ether oxygens (including phenoxy) is 1.